The smallest absolute Gasteiger partial charge is 0.179 e. The zero-order valence-electron chi connectivity index (χ0n) is 11.3. The molecule has 0 fully saturated rings. The van der Waals surface area contributed by atoms with Crippen molar-refractivity contribution >= 4 is 17.7 Å². The molecular formula is C14H20ClNO2. The van der Waals surface area contributed by atoms with Crippen LogP contribution in [0.15, 0.2) is 17.7 Å². The second kappa shape index (κ2) is 7.29. The molecule has 1 aromatic carbocycles. The Morgan fingerprint density at radius 3 is 2.72 bits per heavy atom. The summed E-state index contributed by atoms with van der Waals surface area (Å²) >= 11 is 6.20. The van der Waals surface area contributed by atoms with Crippen LogP contribution < -0.4 is 14.8 Å². The normalized spacial score (nSPS) is 11.5. The molecule has 0 aliphatic carbocycles. The Labute approximate surface area is 114 Å². The standard InChI is InChI=1S/C14H20ClNO2/c1-5-18-14-12(15)7-11(8-13(14)17-4)6-10(2)9-16-3/h6-8,16H,5,9H2,1-4H3. The van der Waals surface area contributed by atoms with Crippen LogP contribution in [0.3, 0.4) is 0 Å². The molecule has 0 spiro atoms. The minimum absolute atomic E-state index is 0.560. The van der Waals surface area contributed by atoms with E-state index >= 15 is 0 Å². The summed E-state index contributed by atoms with van der Waals surface area (Å²) in [6, 6.07) is 3.81. The molecule has 0 heterocycles. The lowest BCUT2D eigenvalue weighted by Crippen LogP contribution is -2.08. The van der Waals surface area contributed by atoms with E-state index in [1.54, 1.807) is 7.11 Å². The molecular weight excluding hydrogens is 250 g/mol. The molecule has 0 saturated heterocycles. The quantitative estimate of drug-likeness (QED) is 0.859. The minimum Gasteiger partial charge on any atom is -0.493 e. The van der Waals surface area contributed by atoms with Crippen LogP contribution in [-0.2, 0) is 0 Å². The van der Waals surface area contributed by atoms with Crippen LogP contribution >= 0.6 is 11.6 Å². The highest BCUT2D eigenvalue weighted by Crippen LogP contribution is 2.36. The Kier molecular flexibility index (Phi) is 6.02. The fourth-order valence-electron chi connectivity index (χ4n) is 1.72. The molecule has 1 rings (SSSR count). The van der Waals surface area contributed by atoms with Crippen molar-refractivity contribution in [3.8, 4) is 11.5 Å². The van der Waals surface area contributed by atoms with E-state index in [9.17, 15) is 0 Å². The van der Waals surface area contributed by atoms with Gasteiger partial charge in [0.25, 0.3) is 0 Å². The lowest BCUT2D eigenvalue weighted by molar-refractivity contribution is 0.311. The Morgan fingerprint density at radius 2 is 2.17 bits per heavy atom. The number of rotatable bonds is 6. The van der Waals surface area contributed by atoms with E-state index in [4.69, 9.17) is 21.1 Å². The summed E-state index contributed by atoms with van der Waals surface area (Å²) in [5, 5.41) is 3.67. The van der Waals surface area contributed by atoms with Crippen LogP contribution in [-0.4, -0.2) is 27.3 Å². The molecule has 0 atom stereocenters. The third-order valence-corrected chi connectivity index (χ3v) is 2.69. The van der Waals surface area contributed by atoms with Crippen molar-refractivity contribution in [3.63, 3.8) is 0 Å². The van der Waals surface area contributed by atoms with E-state index in [1.807, 2.05) is 26.1 Å². The maximum absolute atomic E-state index is 6.20. The van der Waals surface area contributed by atoms with E-state index in [0.717, 1.165) is 12.1 Å². The van der Waals surface area contributed by atoms with Crippen molar-refractivity contribution in [1.82, 2.24) is 5.32 Å². The molecule has 0 bridgehead atoms. The van der Waals surface area contributed by atoms with Crippen LogP contribution in [0, 0.1) is 0 Å². The van der Waals surface area contributed by atoms with Crippen LogP contribution in [0.4, 0.5) is 0 Å². The molecule has 3 nitrogen and oxygen atoms in total. The summed E-state index contributed by atoms with van der Waals surface area (Å²) in [6.45, 7) is 5.38. The van der Waals surface area contributed by atoms with Gasteiger partial charge in [-0.3, -0.25) is 0 Å². The third-order valence-electron chi connectivity index (χ3n) is 2.41. The number of benzene rings is 1. The highest BCUT2D eigenvalue weighted by atomic mass is 35.5. The maximum Gasteiger partial charge on any atom is 0.179 e. The predicted molar refractivity (Wildman–Crippen MR) is 76.8 cm³/mol. The zero-order chi connectivity index (χ0) is 13.5. The number of hydrogen-bond acceptors (Lipinski definition) is 3. The van der Waals surface area contributed by atoms with Gasteiger partial charge in [0.05, 0.1) is 18.7 Å². The number of hydrogen-bond donors (Lipinski definition) is 1. The van der Waals surface area contributed by atoms with Gasteiger partial charge in [-0.05, 0) is 38.6 Å². The molecule has 0 amide bonds. The summed E-state index contributed by atoms with van der Waals surface area (Å²) in [7, 11) is 3.53. The van der Waals surface area contributed by atoms with Crippen molar-refractivity contribution in [2.45, 2.75) is 13.8 Å². The van der Waals surface area contributed by atoms with Crippen molar-refractivity contribution in [3.05, 3.63) is 28.3 Å². The molecule has 0 aliphatic heterocycles. The highest BCUT2D eigenvalue weighted by Gasteiger charge is 2.10. The van der Waals surface area contributed by atoms with Crippen LogP contribution in [0.2, 0.25) is 5.02 Å². The van der Waals surface area contributed by atoms with Gasteiger partial charge in [-0.2, -0.15) is 0 Å². The Morgan fingerprint density at radius 1 is 1.44 bits per heavy atom. The van der Waals surface area contributed by atoms with Gasteiger partial charge >= 0.3 is 0 Å². The summed E-state index contributed by atoms with van der Waals surface area (Å²) in [5.41, 5.74) is 2.23. The SMILES string of the molecule is CCOc1c(Cl)cc(C=C(C)CNC)cc1OC. The molecule has 4 heteroatoms. The molecule has 1 aromatic rings. The number of ether oxygens (including phenoxy) is 2. The lowest BCUT2D eigenvalue weighted by atomic mass is 10.1. The monoisotopic (exact) mass is 269 g/mol. The van der Waals surface area contributed by atoms with Gasteiger partial charge in [-0.1, -0.05) is 23.3 Å². The van der Waals surface area contributed by atoms with Gasteiger partial charge in [0.2, 0.25) is 0 Å². The van der Waals surface area contributed by atoms with Crippen molar-refractivity contribution < 1.29 is 9.47 Å². The Balaban J connectivity index is 3.10. The van der Waals surface area contributed by atoms with E-state index in [0.29, 0.717) is 23.1 Å². The first-order chi connectivity index (χ1) is 8.62. The zero-order valence-corrected chi connectivity index (χ0v) is 12.1. The second-order valence-corrected chi connectivity index (χ2v) is 4.40. The van der Waals surface area contributed by atoms with Gasteiger partial charge in [0.15, 0.2) is 11.5 Å². The van der Waals surface area contributed by atoms with E-state index in [-0.39, 0.29) is 0 Å². The van der Waals surface area contributed by atoms with Gasteiger partial charge in [0, 0.05) is 6.54 Å². The molecule has 0 saturated carbocycles. The molecule has 0 unspecified atom stereocenters. The molecule has 18 heavy (non-hydrogen) atoms. The minimum atomic E-state index is 0.560. The summed E-state index contributed by atoms with van der Waals surface area (Å²) in [6.07, 6.45) is 2.07. The number of likely N-dealkylation sites (N-methyl/N-ethyl adjacent to an activating group) is 1. The largest absolute Gasteiger partial charge is 0.493 e. The van der Waals surface area contributed by atoms with Crippen LogP contribution in [0.5, 0.6) is 11.5 Å². The van der Waals surface area contributed by atoms with E-state index < -0.39 is 0 Å². The van der Waals surface area contributed by atoms with E-state index in [2.05, 4.69) is 18.3 Å². The van der Waals surface area contributed by atoms with Crippen LogP contribution in [0.1, 0.15) is 19.4 Å². The number of nitrogens with one attached hydrogen (secondary N) is 1. The Hall–Kier alpha value is -1.19. The summed E-state index contributed by atoms with van der Waals surface area (Å²) in [5.74, 6) is 1.26. The van der Waals surface area contributed by atoms with Crippen molar-refractivity contribution in [1.29, 1.82) is 0 Å². The van der Waals surface area contributed by atoms with Crippen LogP contribution in [0.25, 0.3) is 6.08 Å². The first kappa shape index (κ1) is 14.9. The van der Waals surface area contributed by atoms with Gasteiger partial charge < -0.3 is 14.8 Å². The molecule has 0 aromatic heterocycles. The second-order valence-electron chi connectivity index (χ2n) is 3.99. The van der Waals surface area contributed by atoms with Gasteiger partial charge in [-0.25, -0.2) is 0 Å². The fourth-order valence-corrected chi connectivity index (χ4v) is 2.00. The van der Waals surface area contributed by atoms with Crippen molar-refractivity contribution in [2.24, 2.45) is 0 Å². The molecule has 100 valence electrons. The van der Waals surface area contributed by atoms with Crippen molar-refractivity contribution in [2.75, 3.05) is 27.3 Å². The topological polar surface area (TPSA) is 30.5 Å². The summed E-state index contributed by atoms with van der Waals surface area (Å²) in [4.78, 5) is 0. The number of methoxy groups -OCH3 is 1. The molecule has 0 radical (unpaired) electrons. The highest BCUT2D eigenvalue weighted by molar-refractivity contribution is 6.32. The first-order valence-corrected chi connectivity index (χ1v) is 6.32. The average Bonchev–Trinajstić information content (AvgIpc) is 2.32. The summed E-state index contributed by atoms with van der Waals surface area (Å²) < 4.78 is 10.8. The van der Waals surface area contributed by atoms with E-state index in [1.165, 1.54) is 5.57 Å². The third kappa shape index (κ3) is 3.93. The number of halogens is 1. The van der Waals surface area contributed by atoms with Gasteiger partial charge in [-0.15, -0.1) is 0 Å². The predicted octanol–water partition coefficient (Wildman–Crippen LogP) is 3.37. The maximum atomic E-state index is 6.20. The fraction of sp³-hybridized carbons (Fsp3) is 0.429. The lowest BCUT2D eigenvalue weighted by Gasteiger charge is -2.12. The first-order valence-electron chi connectivity index (χ1n) is 5.94. The van der Waals surface area contributed by atoms with Gasteiger partial charge in [0.1, 0.15) is 0 Å². The molecule has 1 N–H and O–H groups in total. The average molecular weight is 270 g/mol. The Bertz CT molecular complexity index is 430. The molecule has 0 aliphatic rings.